The molecule has 1 fully saturated rings. The van der Waals surface area contributed by atoms with Gasteiger partial charge in [-0.1, -0.05) is 18.2 Å². The highest BCUT2D eigenvalue weighted by atomic mass is 19.4. The van der Waals surface area contributed by atoms with E-state index in [0.29, 0.717) is 44.4 Å². The van der Waals surface area contributed by atoms with Crippen LogP contribution in [-0.4, -0.2) is 55.9 Å². The van der Waals surface area contributed by atoms with Gasteiger partial charge in [0.1, 0.15) is 12.5 Å². The summed E-state index contributed by atoms with van der Waals surface area (Å²) in [5.41, 5.74) is -0.453. The molecule has 8 nitrogen and oxygen atoms in total. The summed E-state index contributed by atoms with van der Waals surface area (Å²) in [6, 6.07) is 11.5. The number of halogens is 3. The van der Waals surface area contributed by atoms with Gasteiger partial charge in [0, 0.05) is 32.4 Å². The molecule has 0 spiro atoms. The molecule has 1 aliphatic heterocycles. The van der Waals surface area contributed by atoms with Gasteiger partial charge in [-0.05, 0) is 34.7 Å². The fourth-order valence-electron chi connectivity index (χ4n) is 3.14. The average Bonchev–Trinajstić information content (AvgIpc) is 3.09. The van der Waals surface area contributed by atoms with Crippen molar-refractivity contribution < 1.29 is 13.2 Å². The molecule has 0 aliphatic carbocycles. The van der Waals surface area contributed by atoms with Crippen molar-refractivity contribution in [3.63, 3.8) is 0 Å². The smallest absolute Gasteiger partial charge is 0.354 e. The molecule has 1 saturated heterocycles. The van der Waals surface area contributed by atoms with Crippen LogP contribution in [0.1, 0.15) is 5.56 Å². The maximum atomic E-state index is 12.7. The SMILES string of the molecule is O=c1n(CN2CCN(c3ccc(C(F)(F)F)cn3)CC2)nnn1-c1ccccc1. The second-order valence-corrected chi connectivity index (χ2v) is 6.66. The number of tetrazole rings is 1. The number of anilines is 1. The van der Waals surface area contributed by atoms with Crippen molar-refractivity contribution >= 4 is 5.82 Å². The molecule has 29 heavy (non-hydrogen) atoms. The van der Waals surface area contributed by atoms with Crippen molar-refractivity contribution in [2.24, 2.45) is 0 Å². The fraction of sp³-hybridized carbons (Fsp3) is 0.333. The number of para-hydroxylation sites is 1. The van der Waals surface area contributed by atoms with Crippen molar-refractivity contribution in [2.75, 3.05) is 31.1 Å². The van der Waals surface area contributed by atoms with Crippen molar-refractivity contribution in [1.29, 1.82) is 0 Å². The quantitative estimate of drug-likeness (QED) is 0.657. The van der Waals surface area contributed by atoms with Crippen LogP contribution >= 0.6 is 0 Å². The molecule has 1 aromatic carbocycles. The van der Waals surface area contributed by atoms with Crippen LogP contribution in [0.2, 0.25) is 0 Å². The summed E-state index contributed by atoms with van der Waals surface area (Å²) in [4.78, 5) is 20.4. The molecule has 0 amide bonds. The number of pyridine rings is 1. The first-order valence-corrected chi connectivity index (χ1v) is 9.00. The van der Waals surface area contributed by atoms with Gasteiger partial charge in [-0.2, -0.15) is 22.5 Å². The number of hydrogen-bond donors (Lipinski definition) is 0. The Labute approximate surface area is 163 Å². The number of piperazine rings is 1. The minimum Gasteiger partial charge on any atom is -0.354 e. The van der Waals surface area contributed by atoms with Crippen LogP contribution in [0.5, 0.6) is 0 Å². The van der Waals surface area contributed by atoms with Gasteiger partial charge in [-0.15, -0.1) is 0 Å². The Kier molecular flexibility index (Phi) is 5.05. The lowest BCUT2D eigenvalue weighted by atomic mass is 10.2. The molecule has 152 valence electrons. The number of rotatable bonds is 4. The standard InChI is InChI=1S/C18H18F3N7O/c19-18(20,21)14-6-7-16(22-12-14)26-10-8-25(9-11-26)13-27-17(29)28(24-23-27)15-4-2-1-3-5-15/h1-7,12H,8-11,13H2. The summed E-state index contributed by atoms with van der Waals surface area (Å²) < 4.78 is 40.5. The maximum Gasteiger partial charge on any atom is 0.417 e. The summed E-state index contributed by atoms with van der Waals surface area (Å²) in [5, 5.41) is 7.86. The summed E-state index contributed by atoms with van der Waals surface area (Å²) in [5.74, 6) is 0.504. The lowest BCUT2D eigenvalue weighted by Crippen LogP contribution is -2.48. The van der Waals surface area contributed by atoms with Gasteiger partial charge in [0.2, 0.25) is 0 Å². The molecule has 4 rings (SSSR count). The Balaban J connectivity index is 1.37. The number of benzene rings is 1. The van der Waals surface area contributed by atoms with Crippen molar-refractivity contribution in [3.8, 4) is 5.69 Å². The van der Waals surface area contributed by atoms with Crippen LogP contribution in [0.15, 0.2) is 53.5 Å². The normalized spacial score (nSPS) is 15.6. The number of hydrogen-bond acceptors (Lipinski definition) is 6. The predicted molar refractivity (Wildman–Crippen MR) is 98.6 cm³/mol. The van der Waals surface area contributed by atoms with E-state index >= 15 is 0 Å². The van der Waals surface area contributed by atoms with Crippen LogP contribution in [0.3, 0.4) is 0 Å². The Bertz CT molecular complexity index is 1010. The average molecular weight is 405 g/mol. The van der Waals surface area contributed by atoms with Crippen LogP contribution in [0.4, 0.5) is 19.0 Å². The fourth-order valence-corrected chi connectivity index (χ4v) is 3.14. The zero-order chi connectivity index (χ0) is 20.4. The van der Waals surface area contributed by atoms with E-state index in [1.165, 1.54) is 15.4 Å². The lowest BCUT2D eigenvalue weighted by molar-refractivity contribution is -0.137. The highest BCUT2D eigenvalue weighted by molar-refractivity contribution is 5.40. The first-order chi connectivity index (χ1) is 13.9. The van der Waals surface area contributed by atoms with E-state index in [2.05, 4.69) is 15.4 Å². The van der Waals surface area contributed by atoms with Gasteiger partial charge < -0.3 is 4.90 Å². The van der Waals surface area contributed by atoms with Crippen molar-refractivity contribution in [2.45, 2.75) is 12.8 Å². The van der Waals surface area contributed by atoms with Gasteiger partial charge >= 0.3 is 11.9 Å². The largest absolute Gasteiger partial charge is 0.417 e. The number of nitrogens with zero attached hydrogens (tertiary/aromatic N) is 7. The number of aromatic nitrogens is 5. The molecular weight excluding hydrogens is 387 g/mol. The van der Waals surface area contributed by atoms with Crippen LogP contribution in [-0.2, 0) is 12.8 Å². The molecule has 3 heterocycles. The molecule has 0 saturated carbocycles. The van der Waals surface area contributed by atoms with Gasteiger partial charge in [-0.3, -0.25) is 4.90 Å². The third-order valence-electron chi connectivity index (χ3n) is 4.75. The van der Waals surface area contributed by atoms with Gasteiger partial charge in [-0.25, -0.2) is 9.78 Å². The Hall–Kier alpha value is -3.21. The van der Waals surface area contributed by atoms with E-state index in [-0.39, 0.29) is 5.69 Å². The van der Waals surface area contributed by atoms with Crippen LogP contribution in [0, 0.1) is 0 Å². The minimum absolute atomic E-state index is 0.292. The molecule has 3 aromatic rings. The maximum absolute atomic E-state index is 12.7. The summed E-state index contributed by atoms with van der Waals surface area (Å²) >= 11 is 0. The van der Waals surface area contributed by atoms with Gasteiger partial charge in [0.05, 0.1) is 11.3 Å². The first-order valence-electron chi connectivity index (χ1n) is 9.00. The summed E-state index contributed by atoms with van der Waals surface area (Å²) in [7, 11) is 0. The first kappa shape index (κ1) is 19.1. The molecule has 0 bridgehead atoms. The topological polar surface area (TPSA) is 72.1 Å². The molecule has 0 unspecified atom stereocenters. The third kappa shape index (κ3) is 4.14. The van der Waals surface area contributed by atoms with Gasteiger partial charge in [0.25, 0.3) is 0 Å². The molecule has 0 atom stereocenters. The van der Waals surface area contributed by atoms with Gasteiger partial charge in [0.15, 0.2) is 0 Å². The third-order valence-corrected chi connectivity index (χ3v) is 4.75. The molecule has 0 radical (unpaired) electrons. The van der Waals surface area contributed by atoms with E-state index in [1.807, 2.05) is 28.0 Å². The van der Waals surface area contributed by atoms with E-state index < -0.39 is 11.7 Å². The Morgan fingerprint density at radius 3 is 2.28 bits per heavy atom. The molecule has 1 aliphatic rings. The van der Waals surface area contributed by atoms with E-state index in [9.17, 15) is 18.0 Å². The molecule has 2 aromatic heterocycles. The highest BCUT2D eigenvalue weighted by Crippen LogP contribution is 2.29. The van der Waals surface area contributed by atoms with Crippen molar-refractivity contribution in [1.82, 2.24) is 29.7 Å². The Morgan fingerprint density at radius 2 is 1.66 bits per heavy atom. The second kappa shape index (κ2) is 7.66. The van der Waals surface area contributed by atoms with E-state index in [4.69, 9.17) is 0 Å². The summed E-state index contributed by atoms with van der Waals surface area (Å²) in [6.45, 7) is 2.69. The van der Waals surface area contributed by atoms with E-state index in [1.54, 1.807) is 12.1 Å². The van der Waals surface area contributed by atoms with Crippen LogP contribution < -0.4 is 10.6 Å². The van der Waals surface area contributed by atoms with Crippen molar-refractivity contribution in [3.05, 3.63) is 64.7 Å². The Morgan fingerprint density at radius 1 is 0.931 bits per heavy atom. The molecule has 11 heteroatoms. The molecular formula is C18H18F3N7O. The zero-order valence-electron chi connectivity index (χ0n) is 15.3. The second-order valence-electron chi connectivity index (χ2n) is 6.66. The monoisotopic (exact) mass is 405 g/mol. The summed E-state index contributed by atoms with van der Waals surface area (Å²) in [6.07, 6.45) is -3.54. The zero-order valence-corrected chi connectivity index (χ0v) is 15.3. The van der Waals surface area contributed by atoms with E-state index in [0.717, 1.165) is 12.3 Å². The van der Waals surface area contributed by atoms with Crippen LogP contribution in [0.25, 0.3) is 5.69 Å². The predicted octanol–water partition coefficient (Wildman–Crippen LogP) is 1.62. The number of alkyl halides is 3. The lowest BCUT2D eigenvalue weighted by Gasteiger charge is -2.34. The minimum atomic E-state index is -4.39. The molecule has 0 N–H and O–H groups in total. The highest BCUT2D eigenvalue weighted by Gasteiger charge is 2.31.